The molecule has 0 atom stereocenters. The summed E-state index contributed by atoms with van der Waals surface area (Å²) >= 11 is 5.29. The minimum atomic E-state index is -0.236. The predicted octanol–water partition coefficient (Wildman–Crippen LogP) is 3.42. The van der Waals surface area contributed by atoms with Crippen LogP contribution in [-0.2, 0) is 16.1 Å². The van der Waals surface area contributed by atoms with Crippen LogP contribution in [0, 0.1) is 11.7 Å². The maximum atomic E-state index is 12.7. The number of anilines is 1. The maximum Gasteiger partial charge on any atom is 0.262 e. The van der Waals surface area contributed by atoms with Crippen LogP contribution in [0.2, 0.25) is 0 Å². The van der Waals surface area contributed by atoms with E-state index in [0.29, 0.717) is 40.3 Å². The highest BCUT2D eigenvalue weighted by atomic mass is 32.1. The minimum absolute atomic E-state index is 0.0983. The highest BCUT2D eigenvalue weighted by molar-refractivity contribution is 7.71. The summed E-state index contributed by atoms with van der Waals surface area (Å²) in [5, 5.41) is 3.38. The van der Waals surface area contributed by atoms with Gasteiger partial charge in [0, 0.05) is 20.1 Å². The van der Waals surface area contributed by atoms with Gasteiger partial charge in [-0.25, -0.2) is 0 Å². The zero-order valence-corrected chi connectivity index (χ0v) is 17.2. The van der Waals surface area contributed by atoms with Crippen LogP contribution in [0.1, 0.15) is 12.0 Å². The number of nitrogens with one attached hydrogen (secondary N) is 2. The van der Waals surface area contributed by atoms with Crippen molar-refractivity contribution >= 4 is 34.7 Å². The van der Waals surface area contributed by atoms with Crippen LogP contribution in [0.4, 0.5) is 5.69 Å². The van der Waals surface area contributed by atoms with E-state index in [-0.39, 0.29) is 24.4 Å². The third kappa shape index (κ3) is 5.10. The van der Waals surface area contributed by atoms with Gasteiger partial charge in [-0.1, -0.05) is 18.2 Å². The Labute approximate surface area is 173 Å². The number of hydrogen-bond acceptors (Lipinski definition) is 5. The highest BCUT2D eigenvalue weighted by Crippen LogP contribution is 2.26. The normalized spacial score (nSPS) is 10.8. The lowest BCUT2D eigenvalue weighted by Crippen LogP contribution is -2.25. The quantitative estimate of drug-likeness (QED) is 0.437. The molecule has 0 spiro atoms. The lowest BCUT2D eigenvalue weighted by molar-refractivity contribution is -0.116. The molecule has 152 valence electrons. The SMILES string of the molecule is COCCOc1cc(C)ccc1NC(=O)CCn1c(=S)[nH]c2ccccc2c1=O. The Bertz CT molecular complexity index is 1140. The fourth-order valence-electron chi connectivity index (χ4n) is 2.92. The number of benzene rings is 2. The van der Waals surface area contributed by atoms with Crippen molar-refractivity contribution in [1.82, 2.24) is 9.55 Å². The van der Waals surface area contributed by atoms with E-state index in [1.807, 2.05) is 25.1 Å². The second-order valence-corrected chi connectivity index (χ2v) is 6.96. The van der Waals surface area contributed by atoms with E-state index in [9.17, 15) is 9.59 Å². The molecule has 0 aliphatic carbocycles. The zero-order chi connectivity index (χ0) is 20.8. The van der Waals surface area contributed by atoms with Crippen molar-refractivity contribution < 1.29 is 14.3 Å². The summed E-state index contributed by atoms with van der Waals surface area (Å²) in [5.41, 5.74) is 2.06. The number of carbonyl (C=O) groups is 1. The molecule has 29 heavy (non-hydrogen) atoms. The van der Waals surface area contributed by atoms with Gasteiger partial charge in [-0.15, -0.1) is 0 Å². The third-order valence-electron chi connectivity index (χ3n) is 4.41. The summed E-state index contributed by atoms with van der Waals surface area (Å²) in [7, 11) is 1.60. The molecule has 0 saturated heterocycles. The van der Waals surface area contributed by atoms with Gasteiger partial charge in [0.25, 0.3) is 5.56 Å². The van der Waals surface area contributed by atoms with Crippen LogP contribution in [-0.4, -0.2) is 35.8 Å². The molecule has 2 N–H and O–H groups in total. The van der Waals surface area contributed by atoms with Crippen LogP contribution in [0.5, 0.6) is 5.75 Å². The van der Waals surface area contributed by atoms with Gasteiger partial charge in [0.2, 0.25) is 5.91 Å². The van der Waals surface area contributed by atoms with Crippen molar-refractivity contribution in [2.45, 2.75) is 19.9 Å². The van der Waals surface area contributed by atoms with Crippen molar-refractivity contribution in [3.05, 3.63) is 63.2 Å². The first-order chi connectivity index (χ1) is 14.0. The molecule has 3 aromatic rings. The van der Waals surface area contributed by atoms with Crippen molar-refractivity contribution in [3.63, 3.8) is 0 Å². The summed E-state index contributed by atoms with van der Waals surface area (Å²) in [6.07, 6.45) is 0.0983. The molecule has 0 fully saturated rings. The van der Waals surface area contributed by atoms with E-state index in [1.54, 1.807) is 31.4 Å². The molecule has 1 amide bonds. The molecule has 0 aliphatic heterocycles. The molecule has 0 saturated carbocycles. The summed E-state index contributed by atoms with van der Waals surface area (Å²) in [6.45, 7) is 2.95. The summed E-state index contributed by atoms with van der Waals surface area (Å²) < 4.78 is 12.4. The topological polar surface area (TPSA) is 85.3 Å². The smallest absolute Gasteiger partial charge is 0.262 e. The van der Waals surface area contributed by atoms with Crippen LogP contribution in [0.3, 0.4) is 0 Å². The second-order valence-electron chi connectivity index (χ2n) is 6.57. The molecule has 1 aromatic heterocycles. The van der Waals surface area contributed by atoms with Gasteiger partial charge >= 0.3 is 0 Å². The zero-order valence-electron chi connectivity index (χ0n) is 16.4. The number of carbonyl (C=O) groups excluding carboxylic acids is 1. The summed E-state index contributed by atoms with van der Waals surface area (Å²) in [4.78, 5) is 28.2. The first kappa shape index (κ1) is 20.8. The maximum absolute atomic E-state index is 12.7. The van der Waals surface area contributed by atoms with E-state index in [1.165, 1.54) is 4.57 Å². The van der Waals surface area contributed by atoms with E-state index in [2.05, 4.69) is 10.3 Å². The number of hydrogen-bond donors (Lipinski definition) is 2. The largest absolute Gasteiger partial charge is 0.489 e. The Hall–Kier alpha value is -2.97. The Kier molecular flexibility index (Phi) is 6.79. The molecule has 7 nitrogen and oxygen atoms in total. The molecule has 0 radical (unpaired) electrons. The van der Waals surface area contributed by atoms with Gasteiger partial charge < -0.3 is 19.8 Å². The number of para-hydroxylation sites is 1. The standard InChI is InChI=1S/C21H23N3O4S/c1-14-7-8-17(18(13-14)28-12-11-27-2)22-19(25)9-10-24-20(26)15-5-3-4-6-16(15)23-21(24)29/h3-8,13H,9-12H2,1-2H3,(H,22,25)(H,23,29). The van der Waals surface area contributed by atoms with Crippen LogP contribution < -0.4 is 15.6 Å². The Morgan fingerprint density at radius 1 is 1.21 bits per heavy atom. The molecule has 0 bridgehead atoms. The lowest BCUT2D eigenvalue weighted by atomic mass is 10.2. The third-order valence-corrected chi connectivity index (χ3v) is 4.73. The molecular formula is C21H23N3O4S. The molecule has 2 aromatic carbocycles. The monoisotopic (exact) mass is 413 g/mol. The average Bonchev–Trinajstić information content (AvgIpc) is 2.70. The molecule has 0 unspecified atom stereocenters. The number of aryl methyl sites for hydroxylation is 1. The number of nitrogens with zero attached hydrogens (tertiary/aromatic N) is 1. The predicted molar refractivity (Wildman–Crippen MR) is 115 cm³/mol. The number of aromatic nitrogens is 2. The summed E-state index contributed by atoms with van der Waals surface area (Å²) in [6, 6.07) is 12.7. The van der Waals surface area contributed by atoms with Gasteiger partial charge in [-0.3, -0.25) is 14.2 Å². The number of methoxy groups -OCH3 is 1. The highest BCUT2D eigenvalue weighted by Gasteiger charge is 2.11. The Morgan fingerprint density at radius 3 is 2.79 bits per heavy atom. The number of rotatable bonds is 8. The van der Waals surface area contributed by atoms with E-state index >= 15 is 0 Å². The van der Waals surface area contributed by atoms with E-state index in [4.69, 9.17) is 21.7 Å². The Balaban J connectivity index is 1.72. The van der Waals surface area contributed by atoms with Crippen molar-refractivity contribution in [3.8, 4) is 5.75 Å². The number of amides is 1. The first-order valence-corrected chi connectivity index (χ1v) is 9.64. The lowest BCUT2D eigenvalue weighted by Gasteiger charge is -2.14. The number of fused-ring (bicyclic) bond motifs is 1. The van der Waals surface area contributed by atoms with Gasteiger partial charge in [-0.2, -0.15) is 0 Å². The molecule has 0 aliphatic rings. The van der Waals surface area contributed by atoms with Gasteiger partial charge in [0.15, 0.2) is 4.77 Å². The van der Waals surface area contributed by atoms with Gasteiger partial charge in [0.1, 0.15) is 12.4 Å². The van der Waals surface area contributed by atoms with E-state index < -0.39 is 0 Å². The molecule has 3 rings (SSSR count). The van der Waals surface area contributed by atoms with Gasteiger partial charge in [-0.05, 0) is 49.0 Å². The molecule has 1 heterocycles. The van der Waals surface area contributed by atoms with Crippen molar-refractivity contribution in [1.29, 1.82) is 0 Å². The number of ether oxygens (including phenoxy) is 2. The summed E-state index contributed by atoms with van der Waals surface area (Å²) in [5.74, 6) is 0.343. The first-order valence-electron chi connectivity index (χ1n) is 9.23. The fraction of sp³-hybridized carbons (Fsp3) is 0.286. The van der Waals surface area contributed by atoms with E-state index in [0.717, 1.165) is 5.56 Å². The number of H-pyrrole nitrogens is 1. The molecular weight excluding hydrogens is 390 g/mol. The molecule has 8 heteroatoms. The second kappa shape index (κ2) is 9.49. The van der Waals surface area contributed by atoms with Crippen LogP contribution in [0.25, 0.3) is 10.9 Å². The number of aromatic amines is 1. The van der Waals surface area contributed by atoms with Crippen molar-refractivity contribution in [2.24, 2.45) is 0 Å². The van der Waals surface area contributed by atoms with Crippen LogP contribution >= 0.6 is 12.2 Å². The van der Waals surface area contributed by atoms with Crippen molar-refractivity contribution in [2.75, 3.05) is 25.6 Å². The van der Waals surface area contributed by atoms with Gasteiger partial charge in [0.05, 0.1) is 23.2 Å². The van der Waals surface area contributed by atoms with Crippen LogP contribution in [0.15, 0.2) is 47.3 Å². The fourth-order valence-corrected chi connectivity index (χ4v) is 3.20. The Morgan fingerprint density at radius 2 is 2.00 bits per heavy atom. The average molecular weight is 413 g/mol. The minimum Gasteiger partial charge on any atom is -0.489 e.